The highest BCUT2D eigenvalue weighted by molar-refractivity contribution is 6.10. The highest BCUT2D eigenvalue weighted by Crippen LogP contribution is 2.62. The molecule has 3 heterocycles. The van der Waals surface area contributed by atoms with Gasteiger partial charge in [0.05, 0.1) is 27.8 Å². The highest BCUT2D eigenvalue weighted by atomic mass is 16.5. The van der Waals surface area contributed by atoms with Crippen molar-refractivity contribution in [1.82, 2.24) is 14.5 Å². The van der Waals surface area contributed by atoms with E-state index in [4.69, 9.17) is 14.7 Å². The molecule has 0 amide bonds. The molecule has 0 unspecified atom stereocenters. The van der Waals surface area contributed by atoms with Crippen molar-refractivity contribution in [2.75, 3.05) is 0 Å². The first-order valence-corrected chi connectivity index (χ1v) is 19.4. The maximum Gasteiger partial charge on any atom is 0.160 e. The van der Waals surface area contributed by atoms with Gasteiger partial charge in [0, 0.05) is 44.3 Å². The number of benzene rings is 8. The van der Waals surface area contributed by atoms with Gasteiger partial charge in [-0.2, -0.15) is 0 Å². The zero-order valence-corrected chi connectivity index (χ0v) is 30.8. The van der Waals surface area contributed by atoms with E-state index in [0.29, 0.717) is 5.82 Å². The maximum atomic E-state index is 6.92. The summed E-state index contributed by atoms with van der Waals surface area (Å²) >= 11 is 0. The van der Waals surface area contributed by atoms with Gasteiger partial charge in [-0.05, 0) is 64.7 Å². The van der Waals surface area contributed by atoms with Crippen LogP contribution in [0.5, 0.6) is 11.5 Å². The van der Waals surface area contributed by atoms with E-state index < -0.39 is 5.41 Å². The van der Waals surface area contributed by atoms with Crippen molar-refractivity contribution >= 4 is 21.8 Å². The molecule has 4 heteroatoms. The second-order valence-corrected chi connectivity index (χ2v) is 14.9. The fraction of sp³-hybridized carbons (Fsp3) is 0.0189. The molecule has 1 aliphatic carbocycles. The van der Waals surface area contributed by atoms with Crippen molar-refractivity contribution in [1.29, 1.82) is 0 Å². The molecular formula is C53H33N3O. The Morgan fingerprint density at radius 2 is 0.982 bits per heavy atom. The van der Waals surface area contributed by atoms with E-state index in [1.54, 1.807) is 0 Å². The molecule has 4 nitrogen and oxygen atoms in total. The third-order valence-corrected chi connectivity index (χ3v) is 11.9. The summed E-state index contributed by atoms with van der Waals surface area (Å²) in [6.45, 7) is 0. The van der Waals surface area contributed by atoms with Crippen molar-refractivity contribution in [2.45, 2.75) is 5.41 Å². The van der Waals surface area contributed by atoms with E-state index >= 15 is 0 Å². The van der Waals surface area contributed by atoms with Crippen LogP contribution < -0.4 is 4.74 Å². The van der Waals surface area contributed by atoms with Gasteiger partial charge in [-0.1, -0.05) is 158 Å². The van der Waals surface area contributed by atoms with Gasteiger partial charge in [-0.3, -0.25) is 0 Å². The monoisotopic (exact) mass is 727 g/mol. The molecule has 8 aromatic carbocycles. The lowest BCUT2D eigenvalue weighted by Gasteiger charge is -2.39. The van der Waals surface area contributed by atoms with E-state index in [9.17, 15) is 0 Å². The molecule has 0 atom stereocenters. The van der Waals surface area contributed by atoms with Gasteiger partial charge in [0.1, 0.15) is 11.5 Å². The molecule has 1 spiro atoms. The third kappa shape index (κ3) is 4.62. The molecule has 2 aromatic heterocycles. The van der Waals surface area contributed by atoms with Crippen molar-refractivity contribution in [3.05, 3.63) is 222 Å². The number of fused-ring (bicyclic) bond motifs is 12. The van der Waals surface area contributed by atoms with Gasteiger partial charge in [-0.25, -0.2) is 9.97 Å². The number of ether oxygens (including phenoxy) is 1. The predicted octanol–water partition coefficient (Wildman–Crippen LogP) is 13.0. The van der Waals surface area contributed by atoms with Gasteiger partial charge in [-0.15, -0.1) is 0 Å². The second kappa shape index (κ2) is 12.2. The minimum absolute atomic E-state index is 0.558. The minimum atomic E-state index is -0.558. The lowest BCUT2D eigenvalue weighted by Crippen LogP contribution is -2.32. The number of hydrogen-bond donors (Lipinski definition) is 0. The van der Waals surface area contributed by atoms with E-state index in [1.807, 2.05) is 24.3 Å². The Kier molecular flexibility index (Phi) is 6.81. The molecule has 0 bridgehead atoms. The SMILES string of the molecule is c1ccc(-c2cc(-c3cccc(-n4c5ccccc5c5cc6c(cc54)C4(c5ccccc5O6)c5ccccc5-c5ccccc54)c3)nc(-c3ccccc3)n2)cc1. The standard InChI is InChI=1S/C53H33N3O/c1-3-16-34(17-4-1)46-33-47(55-52(54-46)35-18-5-2-6-19-35)36-20-15-21-37(30-36)56-48-28-13-9-24-40(48)41-31-51-45(32-49(41)56)53(44-27-12-14-29-50(44)57-51)42-25-10-7-22-38(42)39-23-8-11-26-43(39)53/h1-33H. The average molecular weight is 728 g/mol. The molecular weight excluding hydrogens is 695 g/mol. The minimum Gasteiger partial charge on any atom is -0.457 e. The molecule has 0 saturated heterocycles. The van der Waals surface area contributed by atoms with Crippen LogP contribution in [0.3, 0.4) is 0 Å². The van der Waals surface area contributed by atoms with E-state index in [1.165, 1.54) is 27.6 Å². The number of aromatic nitrogens is 3. The first-order chi connectivity index (χ1) is 28.3. The summed E-state index contributed by atoms with van der Waals surface area (Å²) in [6.07, 6.45) is 0. The summed E-state index contributed by atoms with van der Waals surface area (Å²) in [5.74, 6) is 2.47. The number of para-hydroxylation sites is 2. The van der Waals surface area contributed by atoms with Crippen LogP contribution >= 0.6 is 0 Å². The molecule has 0 saturated carbocycles. The van der Waals surface area contributed by atoms with Crippen LogP contribution in [-0.2, 0) is 5.41 Å². The lowest BCUT2D eigenvalue weighted by molar-refractivity contribution is 0.437. The number of nitrogens with zero attached hydrogens (tertiary/aromatic N) is 3. The Labute approximate surface area is 330 Å². The quantitative estimate of drug-likeness (QED) is 0.181. The molecule has 1 aliphatic heterocycles. The van der Waals surface area contributed by atoms with Crippen LogP contribution in [0.25, 0.3) is 72.5 Å². The fourth-order valence-corrected chi connectivity index (χ4v) is 9.47. The Balaban J connectivity index is 1.11. The largest absolute Gasteiger partial charge is 0.457 e. The van der Waals surface area contributed by atoms with Gasteiger partial charge >= 0.3 is 0 Å². The smallest absolute Gasteiger partial charge is 0.160 e. The van der Waals surface area contributed by atoms with Crippen LogP contribution in [0.15, 0.2) is 200 Å². The molecule has 266 valence electrons. The maximum absolute atomic E-state index is 6.92. The molecule has 57 heavy (non-hydrogen) atoms. The number of hydrogen-bond acceptors (Lipinski definition) is 3. The molecule has 0 N–H and O–H groups in total. The van der Waals surface area contributed by atoms with Crippen LogP contribution in [0.2, 0.25) is 0 Å². The molecule has 0 radical (unpaired) electrons. The summed E-state index contributed by atoms with van der Waals surface area (Å²) in [5, 5.41) is 2.31. The highest BCUT2D eigenvalue weighted by Gasteiger charge is 2.51. The first-order valence-electron chi connectivity index (χ1n) is 19.4. The second-order valence-electron chi connectivity index (χ2n) is 14.9. The molecule has 10 aromatic rings. The zero-order chi connectivity index (χ0) is 37.5. The Morgan fingerprint density at radius 3 is 1.74 bits per heavy atom. The summed E-state index contributed by atoms with van der Waals surface area (Å²) < 4.78 is 9.32. The summed E-state index contributed by atoms with van der Waals surface area (Å²) in [4.78, 5) is 10.2. The molecule has 12 rings (SSSR count). The van der Waals surface area contributed by atoms with Crippen molar-refractivity contribution in [2.24, 2.45) is 0 Å². The predicted molar refractivity (Wildman–Crippen MR) is 230 cm³/mol. The van der Waals surface area contributed by atoms with Crippen molar-refractivity contribution in [3.8, 4) is 62.2 Å². The normalized spacial score (nSPS) is 13.2. The Hall–Kier alpha value is -7.56. The Bertz CT molecular complexity index is 3120. The van der Waals surface area contributed by atoms with Crippen LogP contribution in [0.4, 0.5) is 0 Å². The summed E-state index contributed by atoms with van der Waals surface area (Å²) in [5.41, 5.74) is 14.9. The van der Waals surface area contributed by atoms with Crippen molar-refractivity contribution in [3.63, 3.8) is 0 Å². The fourth-order valence-electron chi connectivity index (χ4n) is 9.47. The first kappa shape index (κ1) is 31.8. The van der Waals surface area contributed by atoms with Gasteiger partial charge in [0.15, 0.2) is 5.82 Å². The Morgan fingerprint density at radius 1 is 0.386 bits per heavy atom. The zero-order valence-electron chi connectivity index (χ0n) is 30.8. The van der Waals surface area contributed by atoms with Crippen LogP contribution in [0, 0.1) is 0 Å². The van der Waals surface area contributed by atoms with Gasteiger partial charge in [0.25, 0.3) is 0 Å². The van der Waals surface area contributed by atoms with Crippen LogP contribution in [0.1, 0.15) is 22.3 Å². The lowest BCUT2D eigenvalue weighted by atomic mass is 9.66. The van der Waals surface area contributed by atoms with E-state index in [2.05, 4.69) is 180 Å². The van der Waals surface area contributed by atoms with Gasteiger partial charge in [0.2, 0.25) is 0 Å². The summed E-state index contributed by atoms with van der Waals surface area (Å²) in [6, 6.07) is 71.2. The molecule has 2 aliphatic rings. The molecule has 0 fully saturated rings. The number of rotatable bonds is 4. The summed E-state index contributed by atoms with van der Waals surface area (Å²) in [7, 11) is 0. The third-order valence-electron chi connectivity index (χ3n) is 11.9. The van der Waals surface area contributed by atoms with E-state index in [-0.39, 0.29) is 0 Å². The van der Waals surface area contributed by atoms with Crippen LogP contribution in [-0.4, -0.2) is 14.5 Å². The average Bonchev–Trinajstić information content (AvgIpc) is 3.76. The van der Waals surface area contributed by atoms with E-state index in [0.717, 1.165) is 72.8 Å². The topological polar surface area (TPSA) is 39.9 Å². The van der Waals surface area contributed by atoms with Crippen molar-refractivity contribution < 1.29 is 4.74 Å². The van der Waals surface area contributed by atoms with Gasteiger partial charge < -0.3 is 9.30 Å².